The summed E-state index contributed by atoms with van der Waals surface area (Å²) in [5, 5.41) is 3.19. The van der Waals surface area contributed by atoms with Crippen molar-refractivity contribution >= 4 is 9.84 Å². The molecule has 6 heteroatoms. The molecule has 1 N–H and O–H groups in total. The molecule has 114 valence electrons. The Hall–Kier alpha value is -0.170. The Morgan fingerprint density at radius 3 is 2.84 bits per heavy atom. The second-order valence-electron chi connectivity index (χ2n) is 5.32. The number of nitrogens with zero attached hydrogens (tertiary/aromatic N) is 1. The van der Waals surface area contributed by atoms with E-state index in [0.717, 1.165) is 45.6 Å². The zero-order valence-corrected chi connectivity index (χ0v) is 13.0. The predicted molar refractivity (Wildman–Crippen MR) is 78.3 cm³/mol. The highest BCUT2D eigenvalue weighted by atomic mass is 32.2. The third-order valence-corrected chi connectivity index (χ3v) is 4.22. The lowest BCUT2D eigenvalue weighted by Gasteiger charge is -2.32. The number of likely N-dealkylation sites (tertiary alicyclic amines) is 1. The summed E-state index contributed by atoms with van der Waals surface area (Å²) in [4.78, 5) is 2.40. The molecule has 0 radical (unpaired) electrons. The first-order valence-corrected chi connectivity index (χ1v) is 9.29. The van der Waals surface area contributed by atoms with Gasteiger partial charge in [0.1, 0.15) is 9.84 Å². The first-order valence-electron chi connectivity index (χ1n) is 7.23. The van der Waals surface area contributed by atoms with Crippen molar-refractivity contribution in [1.82, 2.24) is 10.2 Å². The Labute approximate surface area is 117 Å². The molecular weight excluding hydrogens is 264 g/mol. The Morgan fingerprint density at radius 1 is 1.37 bits per heavy atom. The molecule has 0 amide bonds. The van der Waals surface area contributed by atoms with E-state index in [4.69, 9.17) is 4.74 Å². The maximum Gasteiger partial charge on any atom is 0.148 e. The van der Waals surface area contributed by atoms with Crippen molar-refractivity contribution < 1.29 is 13.2 Å². The Kier molecular flexibility index (Phi) is 7.90. The normalized spacial score (nSPS) is 21.7. The van der Waals surface area contributed by atoms with Crippen molar-refractivity contribution in [2.45, 2.75) is 32.3 Å². The maximum atomic E-state index is 11.0. The minimum absolute atomic E-state index is 0.217. The second-order valence-corrected chi connectivity index (χ2v) is 7.58. The molecule has 0 spiro atoms. The smallest absolute Gasteiger partial charge is 0.148 e. The zero-order chi connectivity index (χ0) is 14.1. The Bertz CT molecular complexity index is 333. The van der Waals surface area contributed by atoms with Gasteiger partial charge in [0.05, 0.1) is 11.9 Å². The van der Waals surface area contributed by atoms with Crippen LogP contribution in [0.2, 0.25) is 0 Å². The molecule has 19 heavy (non-hydrogen) atoms. The van der Waals surface area contributed by atoms with E-state index < -0.39 is 9.84 Å². The molecule has 1 saturated heterocycles. The number of nitrogens with one attached hydrogen (secondary N) is 1. The molecule has 0 aromatic heterocycles. The van der Waals surface area contributed by atoms with E-state index in [-0.39, 0.29) is 5.75 Å². The van der Waals surface area contributed by atoms with Gasteiger partial charge in [-0.15, -0.1) is 0 Å². The van der Waals surface area contributed by atoms with Gasteiger partial charge >= 0.3 is 0 Å². The van der Waals surface area contributed by atoms with Crippen LogP contribution in [0.4, 0.5) is 0 Å². The van der Waals surface area contributed by atoms with Crippen LogP contribution >= 0.6 is 0 Å². The van der Waals surface area contributed by atoms with Crippen molar-refractivity contribution in [3.63, 3.8) is 0 Å². The fourth-order valence-electron chi connectivity index (χ4n) is 2.26. The van der Waals surface area contributed by atoms with Crippen LogP contribution in [-0.2, 0) is 14.6 Å². The number of hydrogen-bond donors (Lipinski definition) is 1. The summed E-state index contributed by atoms with van der Waals surface area (Å²) < 4.78 is 27.7. The fraction of sp³-hybridized carbons (Fsp3) is 1.00. The largest absolute Gasteiger partial charge is 0.377 e. The monoisotopic (exact) mass is 292 g/mol. The van der Waals surface area contributed by atoms with Gasteiger partial charge in [-0.1, -0.05) is 6.92 Å². The lowest BCUT2D eigenvalue weighted by atomic mass is 10.1. The van der Waals surface area contributed by atoms with Crippen molar-refractivity contribution in [1.29, 1.82) is 0 Å². The fourth-order valence-corrected chi connectivity index (χ4v) is 2.77. The molecule has 0 aromatic rings. The minimum Gasteiger partial charge on any atom is -0.377 e. The molecule has 0 aromatic carbocycles. The summed E-state index contributed by atoms with van der Waals surface area (Å²) in [5.41, 5.74) is 0. The summed E-state index contributed by atoms with van der Waals surface area (Å²) >= 11 is 0. The highest BCUT2D eigenvalue weighted by Crippen LogP contribution is 2.12. The highest BCUT2D eigenvalue weighted by Gasteiger charge is 2.19. The summed E-state index contributed by atoms with van der Waals surface area (Å²) in [6.07, 6.45) is 5.08. The van der Waals surface area contributed by atoms with Crippen LogP contribution in [0.25, 0.3) is 0 Å². The Morgan fingerprint density at radius 2 is 2.16 bits per heavy atom. The van der Waals surface area contributed by atoms with Crippen LogP contribution in [-0.4, -0.2) is 70.8 Å². The van der Waals surface area contributed by atoms with E-state index in [0.29, 0.717) is 12.6 Å². The van der Waals surface area contributed by atoms with E-state index in [1.54, 1.807) is 0 Å². The van der Waals surface area contributed by atoms with Gasteiger partial charge in [-0.05, 0) is 25.8 Å². The van der Waals surface area contributed by atoms with E-state index in [2.05, 4.69) is 17.1 Å². The molecule has 1 fully saturated rings. The molecular formula is C13H28N2O3S. The van der Waals surface area contributed by atoms with Crippen molar-refractivity contribution in [3.05, 3.63) is 0 Å². The number of piperidine rings is 1. The Balaban J connectivity index is 2.08. The number of hydrogen-bond acceptors (Lipinski definition) is 5. The van der Waals surface area contributed by atoms with Crippen LogP contribution < -0.4 is 5.32 Å². The predicted octanol–water partition coefficient (Wildman–Crippen LogP) is 0.512. The average Bonchev–Trinajstić information content (AvgIpc) is 2.35. The van der Waals surface area contributed by atoms with E-state index in [1.807, 2.05) is 0 Å². The van der Waals surface area contributed by atoms with Crippen molar-refractivity contribution in [2.24, 2.45) is 0 Å². The number of ether oxygens (including phenoxy) is 1. The summed E-state index contributed by atoms with van der Waals surface area (Å²) in [6, 6.07) is 0. The topological polar surface area (TPSA) is 58.6 Å². The molecule has 0 aliphatic carbocycles. The van der Waals surface area contributed by atoms with Gasteiger partial charge in [-0.25, -0.2) is 8.42 Å². The number of sulfone groups is 1. The molecule has 1 unspecified atom stereocenters. The molecule has 1 aliphatic heterocycles. The van der Waals surface area contributed by atoms with Crippen LogP contribution in [0, 0.1) is 0 Å². The molecule has 1 aliphatic rings. The van der Waals surface area contributed by atoms with Gasteiger partial charge < -0.3 is 10.1 Å². The summed E-state index contributed by atoms with van der Waals surface area (Å²) in [5.74, 6) is 0.217. The van der Waals surface area contributed by atoms with E-state index in [9.17, 15) is 8.42 Å². The second kappa shape index (κ2) is 8.89. The first-order chi connectivity index (χ1) is 9.01. The quantitative estimate of drug-likeness (QED) is 0.628. The van der Waals surface area contributed by atoms with Crippen LogP contribution in [0.3, 0.4) is 0 Å². The first kappa shape index (κ1) is 16.9. The molecule has 1 heterocycles. The van der Waals surface area contributed by atoms with Gasteiger partial charge in [0.25, 0.3) is 0 Å². The molecule has 1 rings (SSSR count). The maximum absolute atomic E-state index is 11.0. The standard InChI is InChI=1S/C13H28N2O3S/c1-3-10-18-13-5-4-8-15(12-13)9-6-14-7-11-19(2,16)17/h13-14H,3-12H2,1-2H3. The molecule has 0 saturated carbocycles. The summed E-state index contributed by atoms with van der Waals surface area (Å²) in [7, 11) is -2.84. The number of rotatable bonds is 9. The van der Waals surface area contributed by atoms with Crippen LogP contribution in [0.1, 0.15) is 26.2 Å². The molecule has 5 nitrogen and oxygen atoms in total. The van der Waals surface area contributed by atoms with Gasteiger partial charge in [0, 0.05) is 39.0 Å². The lowest BCUT2D eigenvalue weighted by molar-refractivity contribution is 0.000406. The highest BCUT2D eigenvalue weighted by molar-refractivity contribution is 7.90. The lowest BCUT2D eigenvalue weighted by Crippen LogP contribution is -2.43. The summed E-state index contributed by atoms with van der Waals surface area (Å²) in [6.45, 7) is 7.47. The third kappa shape index (κ3) is 8.57. The van der Waals surface area contributed by atoms with Crippen molar-refractivity contribution in [2.75, 3.05) is 51.3 Å². The van der Waals surface area contributed by atoms with Crippen molar-refractivity contribution in [3.8, 4) is 0 Å². The SMILES string of the molecule is CCCOC1CCCN(CCNCCS(C)(=O)=O)C1. The third-order valence-electron chi connectivity index (χ3n) is 3.27. The zero-order valence-electron chi connectivity index (χ0n) is 12.2. The van der Waals surface area contributed by atoms with Crippen LogP contribution in [0.5, 0.6) is 0 Å². The average molecular weight is 292 g/mol. The van der Waals surface area contributed by atoms with Gasteiger partial charge in [0.15, 0.2) is 0 Å². The van der Waals surface area contributed by atoms with Gasteiger partial charge in [-0.2, -0.15) is 0 Å². The van der Waals surface area contributed by atoms with Gasteiger partial charge in [0.2, 0.25) is 0 Å². The molecule has 0 bridgehead atoms. The van der Waals surface area contributed by atoms with Crippen LogP contribution in [0.15, 0.2) is 0 Å². The van der Waals surface area contributed by atoms with Gasteiger partial charge in [-0.3, -0.25) is 4.90 Å². The van der Waals surface area contributed by atoms with E-state index in [1.165, 1.54) is 12.7 Å². The van der Waals surface area contributed by atoms with E-state index >= 15 is 0 Å². The minimum atomic E-state index is -2.84. The molecule has 1 atom stereocenters.